The van der Waals surface area contributed by atoms with Crippen molar-refractivity contribution in [2.75, 3.05) is 26.2 Å². The molecule has 11 atom stereocenters. The molecule has 4 saturated carbocycles. The van der Waals surface area contributed by atoms with E-state index in [2.05, 4.69) is 9.80 Å². The summed E-state index contributed by atoms with van der Waals surface area (Å²) in [6.45, 7) is 3.60. The van der Waals surface area contributed by atoms with Gasteiger partial charge < -0.3 is 39.7 Å². The highest BCUT2D eigenvalue weighted by Gasteiger charge is 2.80. The van der Waals surface area contributed by atoms with Crippen molar-refractivity contribution in [2.24, 2.45) is 16.8 Å². The van der Waals surface area contributed by atoms with E-state index < -0.39 is 51.7 Å². The third-order valence-corrected chi connectivity index (χ3v) is 16.9. The van der Waals surface area contributed by atoms with E-state index in [1.54, 1.807) is 12.1 Å². The highest BCUT2D eigenvalue weighted by molar-refractivity contribution is 5.76. The average Bonchev–Trinajstić information content (AvgIpc) is 4.02. The minimum Gasteiger partial charge on any atom is -0.504 e. The van der Waals surface area contributed by atoms with Crippen molar-refractivity contribution in [1.82, 2.24) is 9.80 Å². The van der Waals surface area contributed by atoms with E-state index in [0.717, 1.165) is 48.4 Å². The van der Waals surface area contributed by atoms with Crippen LogP contribution in [0.2, 0.25) is 0 Å². The number of phenolic OH excluding ortho intramolecular Hbond substituents is 2. The fourth-order valence-electron chi connectivity index (χ4n) is 14.2. The third-order valence-electron chi connectivity index (χ3n) is 16.9. The van der Waals surface area contributed by atoms with Crippen molar-refractivity contribution in [3.8, 4) is 23.0 Å². The van der Waals surface area contributed by atoms with E-state index in [1.165, 1.54) is 25.7 Å². The molecule has 3 spiro atoms. The number of rotatable bonds is 5. The lowest BCUT2D eigenvalue weighted by molar-refractivity contribution is -0.280. The maximum absolute atomic E-state index is 13.2. The van der Waals surface area contributed by atoms with E-state index in [1.807, 2.05) is 18.3 Å². The average molecular weight is 724 g/mol. The number of likely N-dealkylation sites (tertiary alicyclic amines) is 2. The van der Waals surface area contributed by atoms with Gasteiger partial charge in [-0.05, 0) is 125 Å². The molecule has 6 fully saturated rings. The topological polar surface area (TPSA) is 148 Å². The lowest BCUT2D eigenvalue weighted by atomic mass is 9.46. The van der Waals surface area contributed by atoms with Crippen molar-refractivity contribution in [3.63, 3.8) is 0 Å². The number of nitrogens with zero attached hydrogens (tertiary/aromatic N) is 3. The zero-order chi connectivity index (χ0) is 35.5. The van der Waals surface area contributed by atoms with Gasteiger partial charge in [0, 0.05) is 42.5 Å². The zero-order valence-electron chi connectivity index (χ0n) is 30.0. The summed E-state index contributed by atoms with van der Waals surface area (Å²) < 4.78 is 20.9. The predicted molar refractivity (Wildman–Crippen MR) is 191 cm³/mol. The number of aromatic hydroxyl groups is 2. The van der Waals surface area contributed by atoms with Gasteiger partial charge in [0.2, 0.25) is 0 Å². The van der Waals surface area contributed by atoms with Crippen molar-refractivity contribution in [1.29, 1.82) is 0 Å². The quantitative estimate of drug-likeness (QED) is 0.312. The summed E-state index contributed by atoms with van der Waals surface area (Å²) in [6.07, 6.45) is 8.43. The molecule has 2 aromatic rings. The SMILES string of the molecule is Oc1ccc2c3c1O[C@H]1C4(C=N[C@H](C5(O)CC[C@@]6(O)[C@H]7Cc8ccc(O)c9c8[C@@]6(CCN7CC6CC6)[C@H]5O9)O4)CC[C@@]4(O)[C@@H](C2)N(CC2CC2)CC[C@]314. The molecule has 13 rings (SSSR count). The molecule has 5 aliphatic heterocycles. The van der Waals surface area contributed by atoms with E-state index in [0.29, 0.717) is 68.3 Å². The Kier molecular flexibility index (Phi) is 5.63. The first-order valence-electron chi connectivity index (χ1n) is 20.5. The highest BCUT2D eigenvalue weighted by Crippen LogP contribution is 2.71. The second-order valence-electron chi connectivity index (χ2n) is 19.2. The first kappa shape index (κ1) is 31.3. The Hall–Kier alpha value is -2.93. The molecule has 11 heteroatoms. The Morgan fingerprint density at radius 3 is 1.75 bits per heavy atom. The van der Waals surface area contributed by atoms with Crippen LogP contribution in [0.3, 0.4) is 0 Å². The fourth-order valence-corrected chi connectivity index (χ4v) is 14.2. The Morgan fingerprint density at radius 1 is 0.660 bits per heavy atom. The van der Waals surface area contributed by atoms with E-state index >= 15 is 0 Å². The van der Waals surface area contributed by atoms with Crippen molar-refractivity contribution in [3.05, 3.63) is 46.5 Å². The molecule has 5 heterocycles. The first-order valence-corrected chi connectivity index (χ1v) is 20.5. The van der Waals surface area contributed by atoms with E-state index in [4.69, 9.17) is 19.2 Å². The maximum atomic E-state index is 13.2. The van der Waals surface area contributed by atoms with Gasteiger partial charge in [-0.3, -0.25) is 14.8 Å². The Labute approximate surface area is 308 Å². The Balaban J connectivity index is 0.894. The molecule has 53 heavy (non-hydrogen) atoms. The summed E-state index contributed by atoms with van der Waals surface area (Å²) in [4.78, 5) is 10.1. The number of hydrogen-bond acceptors (Lipinski definition) is 11. The minimum atomic E-state index is -1.62. The molecular weight excluding hydrogens is 674 g/mol. The van der Waals surface area contributed by atoms with E-state index in [-0.39, 0.29) is 30.0 Å². The van der Waals surface area contributed by atoms with Gasteiger partial charge in [-0.1, -0.05) is 12.1 Å². The molecule has 11 aliphatic rings. The largest absolute Gasteiger partial charge is 0.504 e. The summed E-state index contributed by atoms with van der Waals surface area (Å²) in [5.74, 6) is 2.31. The predicted octanol–water partition coefficient (Wildman–Crippen LogP) is 2.82. The fraction of sp³-hybridized carbons (Fsp3) is 0.690. The lowest BCUT2D eigenvalue weighted by Gasteiger charge is -2.66. The second-order valence-corrected chi connectivity index (χ2v) is 19.2. The number of benzene rings is 2. The zero-order valence-corrected chi connectivity index (χ0v) is 30.0. The van der Waals surface area contributed by atoms with Crippen LogP contribution in [-0.2, 0) is 28.4 Å². The molecule has 2 unspecified atom stereocenters. The molecule has 280 valence electrons. The molecule has 0 amide bonds. The van der Waals surface area contributed by atoms with Crippen LogP contribution in [0, 0.1) is 11.8 Å². The summed E-state index contributed by atoms with van der Waals surface area (Å²) in [6, 6.07) is 7.25. The molecule has 5 N–H and O–H groups in total. The van der Waals surface area contributed by atoms with E-state index in [9.17, 15) is 25.5 Å². The molecule has 0 aromatic heterocycles. The number of fused-ring (bicyclic) bond motifs is 1. The van der Waals surface area contributed by atoms with Gasteiger partial charge in [0.15, 0.2) is 29.2 Å². The van der Waals surface area contributed by atoms with Gasteiger partial charge in [0.05, 0.1) is 22.0 Å². The smallest absolute Gasteiger partial charge is 0.181 e. The van der Waals surface area contributed by atoms with Crippen LogP contribution in [0.5, 0.6) is 23.0 Å². The van der Waals surface area contributed by atoms with Crippen LogP contribution in [0.4, 0.5) is 0 Å². The minimum absolute atomic E-state index is 0.0293. The monoisotopic (exact) mass is 723 g/mol. The third kappa shape index (κ3) is 3.43. The van der Waals surface area contributed by atoms with Gasteiger partial charge in [0.25, 0.3) is 0 Å². The first-order chi connectivity index (χ1) is 25.5. The van der Waals surface area contributed by atoms with Crippen molar-refractivity contribution >= 4 is 6.21 Å². The molecule has 0 radical (unpaired) electrons. The second kappa shape index (κ2) is 9.53. The molecule has 2 saturated heterocycles. The summed E-state index contributed by atoms with van der Waals surface area (Å²) in [7, 11) is 0. The number of piperidine rings is 2. The molecule has 4 bridgehead atoms. The molecule has 2 aromatic carbocycles. The Bertz CT molecular complexity index is 2040. The van der Waals surface area contributed by atoms with Crippen LogP contribution in [-0.4, -0.2) is 121 Å². The standard InChI is InChI=1S/C42H49N3O8/c46-26-7-5-24-17-28-41(49)11-9-37(34-38(41,30(24)32(26)51-34)13-15-44(28)19-22-1-2-22)21-43-36(53-37)40(48)10-12-42(50)29-18-25-6-8-27(47)33-31(25)39(42,35(40)52-33)14-16-45(29)20-23-3-4-23/h5-8,21-23,28-29,34-36,46-50H,1-4,9-20H2/t28-,29-,34+,35-,36+,37?,38+,39+,40?,41-,42-/m1/s1. The Morgan fingerprint density at radius 2 is 1.19 bits per heavy atom. The van der Waals surface area contributed by atoms with Gasteiger partial charge in [-0.15, -0.1) is 0 Å². The number of aliphatic hydroxyl groups is 3. The summed E-state index contributed by atoms with van der Waals surface area (Å²) in [5, 5.41) is 61.8. The maximum Gasteiger partial charge on any atom is 0.181 e. The normalized spacial score (nSPS) is 48.0. The highest BCUT2D eigenvalue weighted by atomic mass is 16.6. The number of phenols is 2. The van der Waals surface area contributed by atoms with Crippen LogP contribution in [0.15, 0.2) is 29.3 Å². The van der Waals surface area contributed by atoms with Crippen LogP contribution >= 0.6 is 0 Å². The van der Waals surface area contributed by atoms with Gasteiger partial charge in [-0.25, -0.2) is 0 Å². The lowest BCUT2D eigenvalue weighted by Crippen LogP contribution is -2.81. The van der Waals surface area contributed by atoms with Crippen molar-refractivity contribution in [2.45, 2.75) is 141 Å². The molecular formula is C42H49N3O8. The van der Waals surface area contributed by atoms with Gasteiger partial charge in [-0.2, -0.15) is 0 Å². The van der Waals surface area contributed by atoms with Crippen LogP contribution in [0.1, 0.15) is 86.5 Å². The summed E-state index contributed by atoms with van der Waals surface area (Å²) >= 11 is 0. The number of hydrogen-bond donors (Lipinski definition) is 5. The summed E-state index contributed by atoms with van der Waals surface area (Å²) in [5.41, 5.74) is -2.68. The van der Waals surface area contributed by atoms with Crippen molar-refractivity contribution < 1.29 is 39.7 Å². The molecule has 11 nitrogen and oxygen atoms in total. The van der Waals surface area contributed by atoms with Crippen LogP contribution in [0.25, 0.3) is 0 Å². The number of aliphatic imine (C=N–C) groups is 1. The van der Waals surface area contributed by atoms with Crippen LogP contribution < -0.4 is 9.47 Å². The van der Waals surface area contributed by atoms with Gasteiger partial charge in [0.1, 0.15) is 23.4 Å². The molecule has 6 aliphatic carbocycles. The number of ether oxygens (including phenoxy) is 3. The van der Waals surface area contributed by atoms with Gasteiger partial charge >= 0.3 is 0 Å².